The highest BCUT2D eigenvalue weighted by molar-refractivity contribution is 7.68. The number of hydrogen-bond acceptors (Lipinski definition) is 0. The fraction of sp³-hybridized carbons (Fsp3) is 1.00. The molecule has 0 nitrogen and oxygen atoms in total. The van der Waals surface area contributed by atoms with Gasteiger partial charge in [0, 0.05) is 0 Å². The van der Waals surface area contributed by atoms with Gasteiger partial charge in [0.05, 0.1) is 0 Å². The van der Waals surface area contributed by atoms with E-state index in [9.17, 15) is 0 Å². The molecule has 0 aromatic carbocycles. The first-order chi connectivity index (χ1) is 6.79. The van der Waals surface area contributed by atoms with Crippen LogP contribution in [0.15, 0.2) is 0 Å². The zero-order chi connectivity index (χ0) is 10.8. The summed E-state index contributed by atoms with van der Waals surface area (Å²) in [5.74, 6) is 0. The van der Waals surface area contributed by atoms with Crippen molar-refractivity contribution < 1.29 is 0 Å². The van der Waals surface area contributed by atoms with Crippen molar-refractivity contribution in [2.75, 3.05) is 18.5 Å². The van der Waals surface area contributed by atoms with Crippen molar-refractivity contribution in [1.29, 1.82) is 0 Å². The van der Waals surface area contributed by atoms with Crippen molar-refractivity contribution >= 4 is 16.5 Å². The topological polar surface area (TPSA) is 0 Å². The summed E-state index contributed by atoms with van der Waals surface area (Å²) in [7, 11) is 1.61. The first kappa shape index (κ1) is 14.9. The average Bonchev–Trinajstić information content (AvgIpc) is 2.20. The maximum Gasteiger partial charge on any atom is -0.00338 e. The molecule has 2 atom stereocenters. The van der Waals surface area contributed by atoms with E-state index < -0.39 is 0 Å². The van der Waals surface area contributed by atoms with Gasteiger partial charge in [0.1, 0.15) is 0 Å². The predicted molar refractivity (Wildman–Crippen MR) is 74.8 cm³/mol. The quantitative estimate of drug-likeness (QED) is 0.384. The van der Waals surface area contributed by atoms with E-state index in [4.69, 9.17) is 0 Å². The van der Waals surface area contributed by atoms with Crippen molar-refractivity contribution in [2.45, 2.75) is 58.8 Å². The lowest BCUT2D eigenvalue weighted by Crippen LogP contribution is -2.03. The third kappa shape index (κ3) is 6.36. The van der Waals surface area contributed by atoms with Crippen LogP contribution in [0.5, 0.6) is 0 Å². The van der Waals surface area contributed by atoms with Crippen LogP contribution in [0.3, 0.4) is 0 Å². The Morgan fingerprint density at radius 3 is 2.07 bits per heavy atom. The van der Waals surface area contributed by atoms with Gasteiger partial charge in [0.2, 0.25) is 0 Å². The van der Waals surface area contributed by atoms with Gasteiger partial charge in [-0.15, -0.1) is 8.58 Å². The highest BCUT2D eigenvalue weighted by Gasteiger charge is 2.15. The molecule has 86 valence electrons. The summed E-state index contributed by atoms with van der Waals surface area (Å²) in [6.07, 6.45) is 10.1. The minimum Gasteiger partial charge on any atom is -0.115 e. The lowest BCUT2D eigenvalue weighted by molar-refractivity contribution is 0.693. The first-order valence-corrected chi connectivity index (χ1v) is 9.34. The second-order valence-electron chi connectivity index (χ2n) is 3.79. The standard InChI is InChI=1S/C12H28P2/c1-5-9-10-11-12(13-6-2)14(7-3)8-4/h12-13H,5-11H2,1-4H3. The smallest absolute Gasteiger partial charge is 0.00338 e. The first-order valence-electron chi connectivity index (χ1n) is 6.27. The van der Waals surface area contributed by atoms with Crippen molar-refractivity contribution in [1.82, 2.24) is 0 Å². The van der Waals surface area contributed by atoms with Crippen LogP contribution in [-0.4, -0.2) is 23.9 Å². The molecule has 0 rings (SSSR count). The van der Waals surface area contributed by atoms with Crippen LogP contribution in [0.1, 0.15) is 53.4 Å². The van der Waals surface area contributed by atoms with Gasteiger partial charge in [-0.1, -0.05) is 54.9 Å². The fourth-order valence-electron chi connectivity index (χ4n) is 1.90. The van der Waals surface area contributed by atoms with Crippen LogP contribution >= 0.6 is 16.5 Å². The van der Waals surface area contributed by atoms with Gasteiger partial charge < -0.3 is 0 Å². The molecule has 0 bridgehead atoms. The molecular weight excluding hydrogens is 206 g/mol. The van der Waals surface area contributed by atoms with Crippen LogP contribution in [0.4, 0.5) is 0 Å². The maximum absolute atomic E-state index is 2.39. The summed E-state index contributed by atoms with van der Waals surface area (Å²) >= 11 is 0. The van der Waals surface area contributed by atoms with E-state index in [-0.39, 0.29) is 0 Å². The van der Waals surface area contributed by atoms with Crippen LogP contribution < -0.4 is 0 Å². The fourth-order valence-corrected chi connectivity index (χ4v) is 7.33. The summed E-state index contributed by atoms with van der Waals surface area (Å²) in [5, 5.41) is 1.11. The van der Waals surface area contributed by atoms with Crippen LogP contribution in [0.2, 0.25) is 0 Å². The average molecular weight is 234 g/mol. The van der Waals surface area contributed by atoms with Crippen molar-refractivity contribution in [2.24, 2.45) is 0 Å². The van der Waals surface area contributed by atoms with E-state index in [0.29, 0.717) is 7.92 Å². The molecule has 0 fully saturated rings. The predicted octanol–water partition coefficient (Wildman–Crippen LogP) is 5.11. The van der Waals surface area contributed by atoms with Crippen molar-refractivity contribution in [3.8, 4) is 0 Å². The molecule has 0 amide bonds. The Morgan fingerprint density at radius 1 is 1.00 bits per heavy atom. The molecule has 2 heteroatoms. The molecule has 0 aliphatic rings. The molecule has 0 heterocycles. The summed E-state index contributed by atoms with van der Waals surface area (Å²) < 4.78 is 0. The highest BCUT2D eigenvalue weighted by Crippen LogP contribution is 2.50. The van der Waals surface area contributed by atoms with Gasteiger partial charge in [-0.3, -0.25) is 0 Å². The lowest BCUT2D eigenvalue weighted by atomic mass is 10.2. The molecule has 0 aromatic rings. The van der Waals surface area contributed by atoms with Gasteiger partial charge in [0.25, 0.3) is 0 Å². The van der Waals surface area contributed by atoms with Gasteiger partial charge in [-0.2, -0.15) is 0 Å². The summed E-state index contributed by atoms with van der Waals surface area (Å²) in [6.45, 7) is 9.44. The molecule has 0 aliphatic carbocycles. The second kappa shape index (κ2) is 10.4. The Kier molecular flexibility index (Phi) is 11.0. The largest absolute Gasteiger partial charge is 0.115 e. The molecule has 14 heavy (non-hydrogen) atoms. The van der Waals surface area contributed by atoms with Gasteiger partial charge in [-0.05, 0) is 30.3 Å². The number of hydrogen-bond donors (Lipinski definition) is 0. The third-order valence-corrected chi connectivity index (χ3v) is 8.35. The molecule has 0 spiro atoms. The number of unbranched alkanes of at least 4 members (excludes halogenated alkanes) is 2. The van der Waals surface area contributed by atoms with E-state index >= 15 is 0 Å². The van der Waals surface area contributed by atoms with E-state index in [0.717, 1.165) is 5.40 Å². The minimum absolute atomic E-state index is 0.370. The third-order valence-electron chi connectivity index (χ3n) is 2.77. The molecule has 0 aliphatic heterocycles. The monoisotopic (exact) mass is 234 g/mol. The Bertz CT molecular complexity index is 111. The molecular formula is C12H28P2. The molecule has 0 N–H and O–H groups in total. The zero-order valence-electron chi connectivity index (χ0n) is 10.5. The van der Waals surface area contributed by atoms with E-state index in [1.54, 1.807) is 0 Å². The molecule has 0 saturated carbocycles. The SMILES string of the molecule is CCCCCC(PCC)P(CC)CC. The van der Waals surface area contributed by atoms with E-state index in [1.165, 1.54) is 52.7 Å². The Labute approximate surface area is 94.2 Å². The number of rotatable bonds is 9. The van der Waals surface area contributed by atoms with Crippen LogP contribution in [0.25, 0.3) is 0 Å². The minimum atomic E-state index is 0.370. The molecule has 0 radical (unpaired) electrons. The molecule has 0 saturated heterocycles. The normalized spacial score (nSPS) is 14.4. The summed E-state index contributed by atoms with van der Waals surface area (Å²) in [4.78, 5) is 0. The summed E-state index contributed by atoms with van der Waals surface area (Å²) in [5.41, 5.74) is 0. The van der Waals surface area contributed by atoms with E-state index in [1.807, 2.05) is 0 Å². The Morgan fingerprint density at radius 2 is 1.64 bits per heavy atom. The van der Waals surface area contributed by atoms with E-state index in [2.05, 4.69) is 27.7 Å². The summed E-state index contributed by atoms with van der Waals surface area (Å²) in [6, 6.07) is 0. The highest BCUT2D eigenvalue weighted by atomic mass is 31.2. The Balaban J connectivity index is 3.85. The Hall–Kier alpha value is 0.860. The van der Waals surface area contributed by atoms with Gasteiger partial charge in [-0.25, -0.2) is 0 Å². The van der Waals surface area contributed by atoms with Gasteiger partial charge >= 0.3 is 0 Å². The van der Waals surface area contributed by atoms with Crippen molar-refractivity contribution in [3.05, 3.63) is 0 Å². The maximum atomic E-state index is 2.39. The van der Waals surface area contributed by atoms with Crippen LogP contribution in [-0.2, 0) is 0 Å². The zero-order valence-corrected chi connectivity index (χ0v) is 12.4. The van der Waals surface area contributed by atoms with Crippen molar-refractivity contribution in [3.63, 3.8) is 0 Å². The molecule has 0 aromatic heterocycles. The van der Waals surface area contributed by atoms with Crippen LogP contribution in [0, 0.1) is 0 Å². The lowest BCUT2D eigenvalue weighted by Gasteiger charge is -2.25. The second-order valence-corrected chi connectivity index (χ2v) is 9.15. The molecule has 2 unspecified atom stereocenters. The van der Waals surface area contributed by atoms with Gasteiger partial charge in [0.15, 0.2) is 0 Å².